The van der Waals surface area contributed by atoms with E-state index in [2.05, 4.69) is 6.92 Å². The van der Waals surface area contributed by atoms with E-state index >= 15 is 0 Å². The van der Waals surface area contributed by atoms with Gasteiger partial charge in [-0.15, -0.1) is 0 Å². The Balaban J connectivity index is 1.94. The van der Waals surface area contributed by atoms with Gasteiger partial charge in [0.05, 0.1) is 12.7 Å². The first-order valence-electron chi connectivity index (χ1n) is 7.30. The Morgan fingerprint density at radius 1 is 1.21 bits per heavy atom. The summed E-state index contributed by atoms with van der Waals surface area (Å²) >= 11 is 0. The van der Waals surface area contributed by atoms with E-state index in [1.165, 1.54) is 24.8 Å². The van der Waals surface area contributed by atoms with Crippen molar-refractivity contribution in [2.75, 3.05) is 7.11 Å². The first kappa shape index (κ1) is 12.7. The maximum atomic E-state index is 12.8. The number of carbonyl (C=O) groups is 1. The molecule has 2 fully saturated rings. The third kappa shape index (κ3) is 1.98. The summed E-state index contributed by atoms with van der Waals surface area (Å²) < 4.78 is 5.50. The van der Waals surface area contributed by atoms with Crippen molar-refractivity contribution in [3.05, 3.63) is 28.8 Å². The number of ether oxygens (including phenoxy) is 1. The molecule has 2 saturated carbocycles. The van der Waals surface area contributed by atoms with Gasteiger partial charge in [-0.2, -0.15) is 0 Å². The van der Waals surface area contributed by atoms with Crippen LogP contribution in [0.25, 0.3) is 0 Å². The Hall–Kier alpha value is -1.31. The van der Waals surface area contributed by atoms with Gasteiger partial charge in [0.1, 0.15) is 5.75 Å². The zero-order valence-corrected chi connectivity index (χ0v) is 12.0. The van der Waals surface area contributed by atoms with Crippen LogP contribution >= 0.6 is 0 Å². The van der Waals surface area contributed by atoms with E-state index in [9.17, 15) is 4.79 Å². The van der Waals surface area contributed by atoms with E-state index in [0.29, 0.717) is 11.7 Å². The monoisotopic (exact) mass is 258 g/mol. The maximum Gasteiger partial charge on any atom is 0.169 e. The number of carbonyl (C=O) groups excluding carboxylic acids is 1. The summed E-state index contributed by atoms with van der Waals surface area (Å²) in [6.45, 7) is 4.09. The number of hydrogen-bond donors (Lipinski definition) is 0. The molecule has 2 heteroatoms. The number of methoxy groups -OCH3 is 1. The molecule has 102 valence electrons. The molecule has 0 radical (unpaired) electrons. The minimum Gasteiger partial charge on any atom is -0.496 e. The Kier molecular flexibility index (Phi) is 3.12. The quantitative estimate of drug-likeness (QED) is 0.768. The molecule has 3 unspecified atom stereocenters. The second-order valence-corrected chi connectivity index (χ2v) is 6.23. The van der Waals surface area contributed by atoms with E-state index in [1.807, 2.05) is 19.1 Å². The summed E-state index contributed by atoms with van der Waals surface area (Å²) in [5.41, 5.74) is 3.07. The molecule has 2 bridgehead atoms. The van der Waals surface area contributed by atoms with Gasteiger partial charge < -0.3 is 4.74 Å². The van der Waals surface area contributed by atoms with Crippen molar-refractivity contribution in [1.82, 2.24) is 0 Å². The molecule has 0 heterocycles. The number of rotatable bonds is 3. The van der Waals surface area contributed by atoms with Crippen molar-refractivity contribution in [2.24, 2.45) is 17.8 Å². The van der Waals surface area contributed by atoms with E-state index in [0.717, 1.165) is 29.2 Å². The third-order valence-electron chi connectivity index (χ3n) is 5.22. The highest BCUT2D eigenvalue weighted by molar-refractivity contribution is 6.01. The maximum absolute atomic E-state index is 12.8. The average Bonchev–Trinajstić information content (AvgIpc) is 3.03. The lowest BCUT2D eigenvalue weighted by molar-refractivity contribution is 0.0871. The van der Waals surface area contributed by atoms with E-state index < -0.39 is 0 Å². The topological polar surface area (TPSA) is 26.3 Å². The Morgan fingerprint density at radius 2 is 2.00 bits per heavy atom. The van der Waals surface area contributed by atoms with Gasteiger partial charge in [-0.05, 0) is 62.1 Å². The van der Waals surface area contributed by atoms with Crippen LogP contribution in [0.3, 0.4) is 0 Å². The predicted octanol–water partition coefficient (Wildman–Crippen LogP) is 3.93. The van der Waals surface area contributed by atoms with Crippen molar-refractivity contribution in [3.63, 3.8) is 0 Å². The SMILES string of the molecule is COc1c(C(=O)C2CC3CCC2C3)ccc(C)c1C. The van der Waals surface area contributed by atoms with Gasteiger partial charge in [0.15, 0.2) is 5.78 Å². The first-order valence-corrected chi connectivity index (χ1v) is 7.30. The summed E-state index contributed by atoms with van der Waals surface area (Å²) in [6, 6.07) is 3.99. The minimum atomic E-state index is 0.245. The van der Waals surface area contributed by atoms with Crippen LogP contribution in [0.5, 0.6) is 5.75 Å². The molecule has 0 N–H and O–H groups in total. The molecule has 1 aromatic carbocycles. The van der Waals surface area contributed by atoms with Gasteiger partial charge >= 0.3 is 0 Å². The molecule has 0 aliphatic heterocycles. The molecule has 3 rings (SSSR count). The molecule has 2 aliphatic rings. The lowest BCUT2D eigenvalue weighted by atomic mass is 9.82. The number of benzene rings is 1. The van der Waals surface area contributed by atoms with Crippen LogP contribution in [0, 0.1) is 31.6 Å². The highest BCUT2D eigenvalue weighted by atomic mass is 16.5. The number of ketones is 1. The summed E-state index contributed by atoms with van der Waals surface area (Å²) in [4.78, 5) is 12.8. The van der Waals surface area contributed by atoms with Gasteiger partial charge in [-0.3, -0.25) is 4.79 Å². The van der Waals surface area contributed by atoms with E-state index in [1.54, 1.807) is 7.11 Å². The van der Waals surface area contributed by atoms with Crippen LogP contribution in [0.2, 0.25) is 0 Å². The molecule has 2 aliphatic carbocycles. The Labute approximate surface area is 115 Å². The zero-order chi connectivity index (χ0) is 13.6. The van der Waals surface area contributed by atoms with Gasteiger partial charge in [0.25, 0.3) is 0 Å². The first-order chi connectivity index (χ1) is 9.11. The average molecular weight is 258 g/mol. The highest BCUT2D eigenvalue weighted by Crippen LogP contribution is 2.50. The lowest BCUT2D eigenvalue weighted by Crippen LogP contribution is -2.21. The smallest absolute Gasteiger partial charge is 0.169 e. The molecule has 0 spiro atoms. The number of fused-ring (bicyclic) bond motifs is 2. The second-order valence-electron chi connectivity index (χ2n) is 6.23. The van der Waals surface area contributed by atoms with Crippen molar-refractivity contribution in [3.8, 4) is 5.75 Å². The number of hydrogen-bond acceptors (Lipinski definition) is 2. The molecule has 0 saturated heterocycles. The zero-order valence-electron chi connectivity index (χ0n) is 12.0. The molecule has 3 atom stereocenters. The summed E-state index contributed by atoms with van der Waals surface area (Å²) in [5.74, 6) is 2.77. The lowest BCUT2D eigenvalue weighted by Gasteiger charge is -2.22. The van der Waals surface area contributed by atoms with Crippen molar-refractivity contribution in [1.29, 1.82) is 0 Å². The second kappa shape index (κ2) is 4.66. The highest BCUT2D eigenvalue weighted by Gasteiger charge is 2.43. The van der Waals surface area contributed by atoms with Crippen LogP contribution in [0.15, 0.2) is 12.1 Å². The summed E-state index contributed by atoms with van der Waals surface area (Å²) in [7, 11) is 1.67. The van der Waals surface area contributed by atoms with Crippen molar-refractivity contribution < 1.29 is 9.53 Å². The molecular formula is C17H22O2. The predicted molar refractivity (Wildman–Crippen MR) is 75.7 cm³/mol. The Bertz CT molecular complexity index is 518. The number of Topliss-reactive ketones (excluding diaryl/α,β-unsaturated/α-hetero) is 1. The minimum absolute atomic E-state index is 0.245. The molecule has 19 heavy (non-hydrogen) atoms. The third-order valence-corrected chi connectivity index (χ3v) is 5.22. The van der Waals surface area contributed by atoms with E-state index in [4.69, 9.17) is 4.74 Å². The van der Waals surface area contributed by atoms with Crippen molar-refractivity contribution in [2.45, 2.75) is 39.5 Å². The largest absolute Gasteiger partial charge is 0.496 e. The standard InChI is InChI=1S/C17H22O2/c1-10-4-7-14(17(19-3)11(10)2)16(18)15-9-12-5-6-13(15)8-12/h4,7,12-13,15H,5-6,8-9H2,1-3H3. The fraction of sp³-hybridized carbons (Fsp3) is 0.588. The van der Waals surface area contributed by atoms with Gasteiger partial charge in [0.2, 0.25) is 0 Å². The molecule has 2 nitrogen and oxygen atoms in total. The van der Waals surface area contributed by atoms with Crippen LogP contribution in [-0.4, -0.2) is 12.9 Å². The Morgan fingerprint density at radius 3 is 2.58 bits per heavy atom. The van der Waals surface area contributed by atoms with Gasteiger partial charge in [-0.25, -0.2) is 0 Å². The normalized spacial score (nSPS) is 28.7. The summed E-state index contributed by atoms with van der Waals surface area (Å²) in [5, 5.41) is 0. The molecule has 0 aromatic heterocycles. The molecular weight excluding hydrogens is 236 g/mol. The molecule has 0 amide bonds. The summed E-state index contributed by atoms with van der Waals surface area (Å²) in [6.07, 6.45) is 4.94. The van der Waals surface area contributed by atoms with Gasteiger partial charge in [-0.1, -0.05) is 12.5 Å². The van der Waals surface area contributed by atoms with Gasteiger partial charge in [0, 0.05) is 5.92 Å². The fourth-order valence-electron chi connectivity index (χ4n) is 4.01. The number of aryl methyl sites for hydroxylation is 1. The fourth-order valence-corrected chi connectivity index (χ4v) is 4.01. The van der Waals surface area contributed by atoms with Crippen LogP contribution in [0.4, 0.5) is 0 Å². The van der Waals surface area contributed by atoms with Crippen LogP contribution in [0.1, 0.15) is 47.2 Å². The van der Waals surface area contributed by atoms with E-state index in [-0.39, 0.29) is 5.92 Å². The van der Waals surface area contributed by atoms with Crippen molar-refractivity contribution >= 4 is 5.78 Å². The van der Waals surface area contributed by atoms with Crippen LogP contribution < -0.4 is 4.74 Å². The molecule has 1 aromatic rings. The van der Waals surface area contributed by atoms with Crippen LogP contribution in [-0.2, 0) is 0 Å².